The first-order valence-electron chi connectivity index (χ1n) is 5.96. The zero-order chi connectivity index (χ0) is 15.3. The Balaban J connectivity index is 2.98. The van der Waals surface area contributed by atoms with Crippen molar-refractivity contribution in [1.82, 2.24) is 9.88 Å². The second kappa shape index (κ2) is 6.53. The van der Waals surface area contributed by atoms with Gasteiger partial charge in [0.25, 0.3) is 5.91 Å². The molecule has 20 heavy (non-hydrogen) atoms. The Kier molecular flexibility index (Phi) is 5.29. The van der Waals surface area contributed by atoms with Gasteiger partial charge in [0, 0.05) is 13.6 Å². The second-order valence-electron chi connectivity index (χ2n) is 4.25. The molecule has 112 valence electrons. The highest BCUT2D eigenvalue weighted by atomic mass is 19.4. The summed E-state index contributed by atoms with van der Waals surface area (Å²) in [6.07, 6.45) is -2.88. The molecule has 0 bridgehead atoms. The number of aromatic nitrogens is 1. The van der Waals surface area contributed by atoms with Gasteiger partial charge in [-0.15, -0.1) is 0 Å². The molecular formula is C12H15F4N3O. The molecular weight excluding hydrogens is 278 g/mol. The summed E-state index contributed by atoms with van der Waals surface area (Å²) < 4.78 is 49.9. The molecule has 1 amide bonds. The van der Waals surface area contributed by atoms with Crippen LogP contribution in [0.4, 0.5) is 23.4 Å². The molecule has 0 aromatic carbocycles. The number of alkyl halides is 3. The summed E-state index contributed by atoms with van der Waals surface area (Å²) in [6.45, 7) is 0.936. The lowest BCUT2D eigenvalue weighted by Crippen LogP contribution is -2.36. The standard InChI is InChI=1S/C12H15F4N3O/c1-3-4-17-10-9(5-8(13)6-18-10)11(20)19(2)7-12(14,15)16/h5-6H,3-4,7H2,1-2H3,(H,17,18). The zero-order valence-electron chi connectivity index (χ0n) is 11.1. The van der Waals surface area contributed by atoms with Gasteiger partial charge in [0.1, 0.15) is 18.2 Å². The van der Waals surface area contributed by atoms with Crippen molar-refractivity contribution in [1.29, 1.82) is 0 Å². The highest BCUT2D eigenvalue weighted by molar-refractivity contribution is 5.98. The van der Waals surface area contributed by atoms with Crippen molar-refractivity contribution in [3.63, 3.8) is 0 Å². The lowest BCUT2D eigenvalue weighted by Gasteiger charge is -2.20. The number of amides is 1. The van der Waals surface area contributed by atoms with E-state index in [4.69, 9.17) is 0 Å². The zero-order valence-corrected chi connectivity index (χ0v) is 11.1. The van der Waals surface area contributed by atoms with E-state index in [9.17, 15) is 22.4 Å². The average Bonchev–Trinajstić information content (AvgIpc) is 2.34. The Hall–Kier alpha value is -1.86. The van der Waals surface area contributed by atoms with Crippen LogP contribution in [0.5, 0.6) is 0 Å². The fourth-order valence-corrected chi connectivity index (χ4v) is 1.53. The number of carbonyl (C=O) groups excluding carboxylic acids is 1. The molecule has 1 aromatic rings. The number of hydrogen-bond acceptors (Lipinski definition) is 3. The summed E-state index contributed by atoms with van der Waals surface area (Å²) >= 11 is 0. The van der Waals surface area contributed by atoms with E-state index in [0.717, 1.165) is 25.7 Å². The summed E-state index contributed by atoms with van der Waals surface area (Å²) in [7, 11) is 1.00. The van der Waals surface area contributed by atoms with E-state index < -0.39 is 24.4 Å². The number of carbonyl (C=O) groups is 1. The van der Waals surface area contributed by atoms with Crippen LogP contribution in [0.15, 0.2) is 12.3 Å². The van der Waals surface area contributed by atoms with Crippen LogP contribution in [0.1, 0.15) is 23.7 Å². The Labute approximate surface area is 113 Å². The Morgan fingerprint density at radius 2 is 2.10 bits per heavy atom. The van der Waals surface area contributed by atoms with Gasteiger partial charge in [-0.25, -0.2) is 9.37 Å². The van der Waals surface area contributed by atoms with E-state index >= 15 is 0 Å². The van der Waals surface area contributed by atoms with Gasteiger partial charge in [0.2, 0.25) is 0 Å². The highest BCUT2D eigenvalue weighted by Gasteiger charge is 2.32. The van der Waals surface area contributed by atoms with Gasteiger partial charge >= 0.3 is 6.18 Å². The van der Waals surface area contributed by atoms with Gasteiger partial charge in [0.05, 0.1) is 11.8 Å². The number of halogens is 4. The highest BCUT2D eigenvalue weighted by Crippen LogP contribution is 2.20. The molecule has 0 radical (unpaired) electrons. The van der Waals surface area contributed by atoms with Crippen LogP contribution in [0.2, 0.25) is 0 Å². The van der Waals surface area contributed by atoms with E-state index in [1.807, 2.05) is 6.92 Å². The van der Waals surface area contributed by atoms with Crippen LogP contribution in [0.3, 0.4) is 0 Å². The molecule has 0 saturated carbocycles. The van der Waals surface area contributed by atoms with E-state index in [-0.39, 0.29) is 11.4 Å². The summed E-state index contributed by atoms with van der Waals surface area (Å²) in [5.74, 6) is -1.64. The van der Waals surface area contributed by atoms with E-state index in [1.165, 1.54) is 0 Å². The lowest BCUT2D eigenvalue weighted by atomic mass is 10.2. The third-order valence-corrected chi connectivity index (χ3v) is 2.39. The normalized spacial score (nSPS) is 11.3. The van der Waals surface area contributed by atoms with Crippen molar-refractivity contribution in [2.24, 2.45) is 0 Å². The topological polar surface area (TPSA) is 45.2 Å². The maximum absolute atomic E-state index is 13.1. The molecule has 8 heteroatoms. The molecule has 0 aliphatic carbocycles. The fraction of sp³-hybridized carbons (Fsp3) is 0.500. The van der Waals surface area contributed by atoms with Gasteiger partial charge in [-0.1, -0.05) is 6.92 Å². The molecule has 1 aromatic heterocycles. The summed E-state index contributed by atoms with van der Waals surface area (Å²) in [5, 5.41) is 2.78. The minimum atomic E-state index is -4.51. The van der Waals surface area contributed by atoms with Crippen molar-refractivity contribution in [2.45, 2.75) is 19.5 Å². The van der Waals surface area contributed by atoms with Crippen molar-refractivity contribution < 1.29 is 22.4 Å². The minimum Gasteiger partial charge on any atom is -0.369 e. The largest absolute Gasteiger partial charge is 0.406 e. The number of pyridine rings is 1. The molecule has 0 spiro atoms. The van der Waals surface area contributed by atoms with Gasteiger partial charge in [-0.2, -0.15) is 13.2 Å². The van der Waals surface area contributed by atoms with Crippen LogP contribution >= 0.6 is 0 Å². The van der Waals surface area contributed by atoms with E-state index in [1.54, 1.807) is 0 Å². The van der Waals surface area contributed by atoms with Crippen LogP contribution < -0.4 is 5.32 Å². The smallest absolute Gasteiger partial charge is 0.369 e. The van der Waals surface area contributed by atoms with Crippen LogP contribution in [0.25, 0.3) is 0 Å². The number of rotatable bonds is 5. The van der Waals surface area contributed by atoms with Crippen LogP contribution in [-0.2, 0) is 0 Å². The molecule has 0 atom stereocenters. The number of hydrogen-bond donors (Lipinski definition) is 1. The molecule has 0 fully saturated rings. The number of anilines is 1. The lowest BCUT2D eigenvalue weighted by molar-refractivity contribution is -0.138. The molecule has 0 aliphatic heterocycles. The predicted octanol–water partition coefficient (Wildman–Crippen LogP) is 2.68. The van der Waals surface area contributed by atoms with E-state index in [2.05, 4.69) is 10.3 Å². The minimum absolute atomic E-state index is 0.0762. The van der Waals surface area contributed by atoms with E-state index in [0.29, 0.717) is 11.4 Å². The second-order valence-corrected chi connectivity index (χ2v) is 4.25. The molecule has 1 heterocycles. The first kappa shape index (κ1) is 16.2. The average molecular weight is 293 g/mol. The summed E-state index contributed by atoms with van der Waals surface area (Å²) in [4.78, 5) is 16.1. The first-order chi connectivity index (χ1) is 9.24. The van der Waals surface area contributed by atoms with Crippen molar-refractivity contribution >= 4 is 11.7 Å². The van der Waals surface area contributed by atoms with Crippen molar-refractivity contribution in [3.8, 4) is 0 Å². The third-order valence-electron chi connectivity index (χ3n) is 2.39. The van der Waals surface area contributed by atoms with Gasteiger partial charge in [-0.05, 0) is 12.5 Å². The molecule has 1 rings (SSSR count). The number of nitrogens with zero attached hydrogens (tertiary/aromatic N) is 2. The predicted molar refractivity (Wildman–Crippen MR) is 66.0 cm³/mol. The van der Waals surface area contributed by atoms with Crippen molar-refractivity contribution in [3.05, 3.63) is 23.6 Å². The molecule has 0 aliphatic rings. The number of nitrogens with one attached hydrogen (secondary N) is 1. The SMILES string of the molecule is CCCNc1ncc(F)cc1C(=O)N(C)CC(F)(F)F. The van der Waals surface area contributed by atoms with Crippen LogP contribution in [-0.4, -0.2) is 42.1 Å². The molecule has 4 nitrogen and oxygen atoms in total. The van der Waals surface area contributed by atoms with Crippen LogP contribution in [0, 0.1) is 5.82 Å². The van der Waals surface area contributed by atoms with Gasteiger partial charge in [0.15, 0.2) is 0 Å². The first-order valence-corrected chi connectivity index (χ1v) is 5.96. The monoisotopic (exact) mass is 293 g/mol. The quantitative estimate of drug-likeness (QED) is 0.849. The van der Waals surface area contributed by atoms with Gasteiger partial charge in [-0.3, -0.25) is 4.79 Å². The summed E-state index contributed by atoms with van der Waals surface area (Å²) in [5.41, 5.74) is -0.217. The Morgan fingerprint density at radius 3 is 2.65 bits per heavy atom. The molecule has 1 N–H and O–H groups in total. The molecule has 0 unspecified atom stereocenters. The maximum atomic E-state index is 13.1. The van der Waals surface area contributed by atoms with Gasteiger partial charge < -0.3 is 10.2 Å². The molecule has 0 saturated heterocycles. The Bertz CT molecular complexity index is 476. The Morgan fingerprint density at radius 1 is 1.45 bits per heavy atom. The van der Waals surface area contributed by atoms with Crippen molar-refractivity contribution in [2.75, 3.05) is 25.5 Å². The maximum Gasteiger partial charge on any atom is 0.406 e. The summed E-state index contributed by atoms with van der Waals surface area (Å²) in [6, 6.07) is 0.875. The third kappa shape index (κ3) is 4.67. The fourth-order valence-electron chi connectivity index (χ4n) is 1.53.